The fraction of sp³-hybridized carbons (Fsp3) is 0.167. The molecule has 0 spiro atoms. The molecule has 0 aliphatic heterocycles. The number of urea groups is 1. The van der Waals surface area contributed by atoms with Crippen LogP contribution in [0.5, 0.6) is 0 Å². The van der Waals surface area contributed by atoms with E-state index in [1.807, 2.05) is 5.32 Å². The lowest BCUT2D eigenvalue weighted by Gasteiger charge is -2.15. The van der Waals surface area contributed by atoms with E-state index in [0.717, 1.165) is 0 Å². The summed E-state index contributed by atoms with van der Waals surface area (Å²) in [6.45, 7) is 1.81. The maximum Gasteiger partial charge on any atom is 0.416 e. The largest absolute Gasteiger partial charge is 0.462 e. The minimum absolute atomic E-state index is 0.0370. The molecule has 0 radical (unpaired) electrons. The Balaban J connectivity index is 1.59. The molecule has 0 unspecified atom stereocenters. The molecule has 0 bridgehead atoms. The van der Waals surface area contributed by atoms with Gasteiger partial charge in [0.25, 0.3) is 0 Å². The molecule has 2 aromatic heterocycles. The average molecular weight is 537 g/mol. The van der Waals surface area contributed by atoms with Crippen LogP contribution in [-0.2, 0) is 17.1 Å². The second-order valence-corrected chi connectivity index (χ2v) is 7.80. The van der Waals surface area contributed by atoms with E-state index < -0.39 is 41.2 Å². The summed E-state index contributed by atoms with van der Waals surface area (Å²) in [7, 11) is 0. The number of ether oxygens (including phenoxy) is 1. The van der Waals surface area contributed by atoms with Crippen molar-refractivity contribution in [3.63, 3.8) is 0 Å². The van der Waals surface area contributed by atoms with Gasteiger partial charge in [-0.1, -0.05) is 12.1 Å². The summed E-state index contributed by atoms with van der Waals surface area (Å²) < 4.78 is 84.9. The van der Waals surface area contributed by atoms with Gasteiger partial charge in [0.05, 0.1) is 29.6 Å². The number of fused-ring (bicyclic) bond motifs is 1. The van der Waals surface area contributed by atoms with Crippen molar-refractivity contribution in [1.82, 2.24) is 14.6 Å². The molecule has 0 saturated carbocycles. The van der Waals surface area contributed by atoms with Crippen LogP contribution in [0.4, 0.5) is 42.5 Å². The van der Waals surface area contributed by atoms with Crippen molar-refractivity contribution in [2.45, 2.75) is 19.3 Å². The quantitative estimate of drug-likeness (QED) is 0.232. The van der Waals surface area contributed by atoms with Crippen LogP contribution in [0.25, 0.3) is 16.9 Å². The molecule has 2 heterocycles. The molecule has 4 aromatic rings. The molecule has 38 heavy (non-hydrogen) atoms. The third-order valence-electron chi connectivity index (χ3n) is 5.16. The zero-order chi connectivity index (χ0) is 27.7. The van der Waals surface area contributed by atoms with Crippen LogP contribution >= 0.6 is 0 Å². The van der Waals surface area contributed by atoms with E-state index >= 15 is 0 Å². The lowest BCUT2D eigenvalue weighted by Crippen LogP contribution is -2.20. The fourth-order valence-electron chi connectivity index (χ4n) is 3.54. The molecule has 8 nitrogen and oxygen atoms in total. The maximum atomic E-state index is 13.1. The van der Waals surface area contributed by atoms with Gasteiger partial charge in [-0.15, -0.1) is 0 Å². The normalized spacial score (nSPS) is 11.9. The second-order valence-electron chi connectivity index (χ2n) is 7.80. The Kier molecular flexibility index (Phi) is 6.98. The first-order chi connectivity index (χ1) is 17.9. The monoisotopic (exact) mass is 537 g/mol. The van der Waals surface area contributed by atoms with Crippen LogP contribution in [0.1, 0.15) is 28.4 Å². The molecule has 0 aliphatic rings. The number of nitrogens with zero attached hydrogens (tertiary/aromatic N) is 3. The van der Waals surface area contributed by atoms with Gasteiger partial charge in [-0.2, -0.15) is 31.4 Å². The Bertz CT molecular complexity index is 1480. The van der Waals surface area contributed by atoms with E-state index in [9.17, 15) is 35.9 Å². The van der Waals surface area contributed by atoms with Gasteiger partial charge in [0, 0.05) is 23.1 Å². The molecule has 198 valence electrons. The average Bonchev–Trinajstić information content (AvgIpc) is 3.27. The highest BCUT2D eigenvalue weighted by molar-refractivity contribution is 6.00. The Hall–Kier alpha value is -4.62. The molecular formula is C24H17F6N5O3. The second kappa shape index (κ2) is 10.0. The first kappa shape index (κ1) is 26.4. The van der Waals surface area contributed by atoms with E-state index in [-0.39, 0.29) is 29.6 Å². The Morgan fingerprint density at radius 3 is 2.21 bits per heavy atom. The van der Waals surface area contributed by atoms with Crippen molar-refractivity contribution in [1.29, 1.82) is 0 Å². The molecular weight excluding hydrogens is 520 g/mol. The highest BCUT2D eigenvalue weighted by atomic mass is 19.4. The SMILES string of the molecule is CCOC(=O)c1cnn2c(-c3cccc(NC(=O)Nc4cc(C(F)(F)F)cc(C(F)(F)F)c4)c3)ccnc12. The van der Waals surface area contributed by atoms with Gasteiger partial charge < -0.3 is 15.4 Å². The number of carbonyl (C=O) groups excluding carboxylic acids is 2. The molecule has 4 rings (SSSR count). The van der Waals surface area contributed by atoms with Gasteiger partial charge >= 0.3 is 24.4 Å². The van der Waals surface area contributed by atoms with Gasteiger partial charge in [0.15, 0.2) is 5.65 Å². The van der Waals surface area contributed by atoms with Crippen molar-refractivity contribution in [2.24, 2.45) is 0 Å². The number of hydrogen-bond donors (Lipinski definition) is 2. The van der Waals surface area contributed by atoms with Crippen molar-refractivity contribution >= 4 is 29.0 Å². The maximum absolute atomic E-state index is 13.1. The number of hydrogen-bond acceptors (Lipinski definition) is 5. The van der Waals surface area contributed by atoms with Crippen LogP contribution in [-0.4, -0.2) is 33.2 Å². The predicted octanol–water partition coefficient (Wildman–Crippen LogP) is 6.25. The molecule has 0 aliphatic carbocycles. The minimum atomic E-state index is -5.06. The molecule has 0 atom stereocenters. The van der Waals surface area contributed by atoms with Gasteiger partial charge in [0.1, 0.15) is 5.56 Å². The zero-order valence-corrected chi connectivity index (χ0v) is 19.3. The summed E-state index contributed by atoms with van der Waals surface area (Å²) in [5.41, 5.74) is -2.30. The molecule has 2 N–H and O–H groups in total. The van der Waals surface area contributed by atoms with Crippen LogP contribution in [0.15, 0.2) is 60.9 Å². The molecule has 0 fully saturated rings. The fourth-order valence-corrected chi connectivity index (χ4v) is 3.54. The lowest BCUT2D eigenvalue weighted by molar-refractivity contribution is -0.143. The predicted molar refractivity (Wildman–Crippen MR) is 123 cm³/mol. The summed E-state index contributed by atoms with van der Waals surface area (Å²) in [4.78, 5) is 28.7. The molecule has 0 saturated heterocycles. The van der Waals surface area contributed by atoms with Gasteiger partial charge in [-0.3, -0.25) is 0 Å². The summed E-state index contributed by atoms with van der Waals surface area (Å²) in [6, 6.07) is 7.45. The van der Waals surface area contributed by atoms with Crippen molar-refractivity contribution < 1.29 is 40.7 Å². The number of rotatable bonds is 5. The highest BCUT2D eigenvalue weighted by Crippen LogP contribution is 2.37. The van der Waals surface area contributed by atoms with Crippen molar-refractivity contribution in [3.8, 4) is 11.3 Å². The van der Waals surface area contributed by atoms with E-state index in [1.54, 1.807) is 25.1 Å². The number of carbonyl (C=O) groups is 2. The summed E-state index contributed by atoms with van der Waals surface area (Å²) in [5.74, 6) is -0.609. The first-order valence-electron chi connectivity index (χ1n) is 10.8. The number of benzene rings is 2. The summed E-state index contributed by atoms with van der Waals surface area (Å²) in [5, 5.41) is 8.55. The number of alkyl halides is 6. The van der Waals surface area contributed by atoms with E-state index in [4.69, 9.17) is 4.74 Å². The minimum Gasteiger partial charge on any atom is -0.462 e. The van der Waals surface area contributed by atoms with Crippen LogP contribution in [0.3, 0.4) is 0 Å². The van der Waals surface area contributed by atoms with E-state index in [0.29, 0.717) is 23.4 Å². The standard InChI is InChI=1S/C24H17F6N5O3/c1-2-38-21(36)18-12-32-35-19(6-7-31-20(18)35)13-4-3-5-16(8-13)33-22(37)34-17-10-14(23(25,26)27)9-15(11-17)24(28,29)30/h3-12H,2H2,1H3,(H2,33,34,37). The number of anilines is 2. The molecule has 14 heteroatoms. The number of esters is 1. The number of amides is 2. The van der Waals surface area contributed by atoms with E-state index in [2.05, 4.69) is 15.4 Å². The zero-order valence-electron chi connectivity index (χ0n) is 19.3. The van der Waals surface area contributed by atoms with Gasteiger partial charge in [0.2, 0.25) is 0 Å². The van der Waals surface area contributed by atoms with E-state index in [1.165, 1.54) is 29.0 Å². The third-order valence-corrected chi connectivity index (χ3v) is 5.16. The number of aromatic nitrogens is 3. The Morgan fingerprint density at radius 2 is 1.58 bits per heavy atom. The molecule has 2 aromatic carbocycles. The topological polar surface area (TPSA) is 97.6 Å². The summed E-state index contributed by atoms with van der Waals surface area (Å²) in [6.07, 6.45) is -7.38. The Labute approximate surface area is 210 Å². The third kappa shape index (κ3) is 5.68. The number of halogens is 6. The molecule has 2 amide bonds. The van der Waals surface area contributed by atoms with Crippen molar-refractivity contribution in [3.05, 3.63) is 77.6 Å². The highest BCUT2D eigenvalue weighted by Gasteiger charge is 2.37. The Morgan fingerprint density at radius 1 is 0.921 bits per heavy atom. The summed E-state index contributed by atoms with van der Waals surface area (Å²) >= 11 is 0. The van der Waals surface area contributed by atoms with Gasteiger partial charge in [-0.05, 0) is 43.3 Å². The smallest absolute Gasteiger partial charge is 0.416 e. The lowest BCUT2D eigenvalue weighted by atomic mass is 10.1. The van der Waals surface area contributed by atoms with Crippen LogP contribution in [0, 0.1) is 0 Å². The number of nitrogens with one attached hydrogen (secondary N) is 2. The van der Waals surface area contributed by atoms with Crippen LogP contribution in [0.2, 0.25) is 0 Å². The van der Waals surface area contributed by atoms with Crippen LogP contribution < -0.4 is 10.6 Å². The van der Waals surface area contributed by atoms with Crippen molar-refractivity contribution in [2.75, 3.05) is 17.2 Å². The van der Waals surface area contributed by atoms with Gasteiger partial charge in [-0.25, -0.2) is 19.1 Å². The first-order valence-corrected chi connectivity index (χ1v) is 10.8.